The summed E-state index contributed by atoms with van der Waals surface area (Å²) >= 11 is 2.83. The third-order valence-corrected chi connectivity index (χ3v) is 5.20. The fourth-order valence-corrected chi connectivity index (χ4v) is 2.65. The van der Waals surface area contributed by atoms with Crippen LogP contribution in [-0.4, -0.2) is 36.9 Å². The first-order valence-electron chi connectivity index (χ1n) is 4.90. The van der Waals surface area contributed by atoms with Crippen molar-refractivity contribution in [2.75, 3.05) is 23.6 Å². The van der Waals surface area contributed by atoms with E-state index in [1.165, 1.54) is 31.3 Å². The van der Waals surface area contributed by atoms with Crippen molar-refractivity contribution < 1.29 is 17.6 Å². The number of sulfonamides is 1. The van der Waals surface area contributed by atoms with E-state index >= 15 is 0 Å². The predicted octanol–water partition coefficient (Wildman–Crippen LogP) is 1.38. The standard InChI is InChI=1S/C10H12BrFN2O3S/c1-14(18(16,17)7-11)6-10(15)13-9-4-2-8(12)3-5-9/h2-5H,6-7H2,1H3,(H,13,15). The summed E-state index contributed by atoms with van der Waals surface area (Å²) in [5.74, 6) is -0.902. The number of anilines is 1. The fourth-order valence-electron chi connectivity index (χ4n) is 1.12. The number of likely N-dealkylation sites (N-methyl/N-ethyl adjacent to an activating group) is 1. The first kappa shape index (κ1) is 15.1. The maximum Gasteiger partial charge on any atom is 0.239 e. The zero-order valence-electron chi connectivity index (χ0n) is 9.56. The molecule has 5 nitrogen and oxygen atoms in total. The molecule has 0 radical (unpaired) electrons. The summed E-state index contributed by atoms with van der Waals surface area (Å²) in [6.07, 6.45) is 0. The van der Waals surface area contributed by atoms with Crippen molar-refractivity contribution in [2.24, 2.45) is 0 Å². The van der Waals surface area contributed by atoms with Crippen molar-refractivity contribution in [1.29, 1.82) is 0 Å². The SMILES string of the molecule is CN(CC(=O)Nc1ccc(F)cc1)S(=O)(=O)CBr. The highest BCUT2D eigenvalue weighted by Crippen LogP contribution is 2.08. The van der Waals surface area contributed by atoms with Gasteiger partial charge < -0.3 is 5.32 Å². The molecule has 8 heteroatoms. The maximum atomic E-state index is 12.6. The molecule has 0 saturated heterocycles. The van der Waals surface area contributed by atoms with Gasteiger partial charge in [-0.05, 0) is 24.3 Å². The van der Waals surface area contributed by atoms with E-state index < -0.39 is 21.7 Å². The molecule has 1 rings (SSSR count). The van der Waals surface area contributed by atoms with Gasteiger partial charge in [0.25, 0.3) is 0 Å². The van der Waals surface area contributed by atoms with Crippen LogP contribution in [0.3, 0.4) is 0 Å². The Bertz CT molecular complexity index is 518. The van der Waals surface area contributed by atoms with Gasteiger partial charge in [0, 0.05) is 12.7 Å². The molecule has 0 saturated carbocycles. The van der Waals surface area contributed by atoms with Crippen molar-refractivity contribution in [2.45, 2.75) is 0 Å². The molecular formula is C10H12BrFN2O3S. The summed E-state index contributed by atoms with van der Waals surface area (Å²) in [6.45, 7) is -0.300. The molecule has 0 heterocycles. The van der Waals surface area contributed by atoms with Gasteiger partial charge in [0.05, 0.1) is 6.54 Å². The summed E-state index contributed by atoms with van der Waals surface area (Å²) in [6, 6.07) is 5.20. The molecule has 0 spiro atoms. The Hall–Kier alpha value is -0.990. The second-order valence-electron chi connectivity index (χ2n) is 3.53. The van der Waals surface area contributed by atoms with Crippen molar-refractivity contribution in [3.8, 4) is 0 Å². The van der Waals surface area contributed by atoms with Crippen LogP contribution in [0, 0.1) is 5.82 Å². The van der Waals surface area contributed by atoms with Gasteiger partial charge in [0.1, 0.15) is 10.5 Å². The van der Waals surface area contributed by atoms with E-state index in [0.29, 0.717) is 5.69 Å². The largest absolute Gasteiger partial charge is 0.325 e. The van der Waals surface area contributed by atoms with Gasteiger partial charge in [-0.15, -0.1) is 0 Å². The minimum atomic E-state index is -3.46. The van der Waals surface area contributed by atoms with Crippen LogP contribution in [0.4, 0.5) is 10.1 Å². The number of alkyl halides is 1. The molecule has 0 bridgehead atoms. The molecule has 1 aromatic carbocycles. The number of carbonyl (C=O) groups excluding carboxylic acids is 1. The molecule has 1 amide bonds. The lowest BCUT2D eigenvalue weighted by Gasteiger charge is -2.14. The number of amides is 1. The number of carbonyl (C=O) groups is 1. The number of nitrogens with one attached hydrogen (secondary N) is 1. The number of nitrogens with zero attached hydrogens (tertiary/aromatic N) is 1. The second-order valence-corrected chi connectivity index (χ2v) is 6.91. The Morgan fingerprint density at radius 1 is 1.39 bits per heavy atom. The molecule has 0 atom stereocenters. The molecule has 18 heavy (non-hydrogen) atoms. The molecule has 1 N–H and O–H groups in total. The maximum absolute atomic E-state index is 12.6. The van der Waals surface area contributed by atoms with Gasteiger partial charge in [0.15, 0.2) is 0 Å². The fraction of sp³-hybridized carbons (Fsp3) is 0.300. The Morgan fingerprint density at radius 2 is 1.94 bits per heavy atom. The molecule has 0 unspecified atom stereocenters. The summed E-state index contributed by atoms with van der Waals surface area (Å²) in [4.78, 5) is 11.5. The Morgan fingerprint density at radius 3 is 2.44 bits per heavy atom. The number of hydrogen-bond acceptors (Lipinski definition) is 3. The highest BCUT2D eigenvalue weighted by Gasteiger charge is 2.18. The Kier molecular flexibility index (Phi) is 5.24. The van der Waals surface area contributed by atoms with Crippen molar-refractivity contribution in [3.63, 3.8) is 0 Å². The molecule has 1 aromatic rings. The average Bonchev–Trinajstić information content (AvgIpc) is 2.32. The zero-order chi connectivity index (χ0) is 13.8. The van der Waals surface area contributed by atoms with Gasteiger partial charge in [0.2, 0.25) is 15.9 Å². The van der Waals surface area contributed by atoms with Crippen LogP contribution in [-0.2, 0) is 14.8 Å². The van der Waals surface area contributed by atoms with E-state index in [1.54, 1.807) is 0 Å². The Labute approximate surface area is 113 Å². The van der Waals surface area contributed by atoms with E-state index in [2.05, 4.69) is 21.2 Å². The highest BCUT2D eigenvalue weighted by atomic mass is 79.9. The minimum Gasteiger partial charge on any atom is -0.325 e. The highest BCUT2D eigenvalue weighted by molar-refractivity contribution is 9.10. The smallest absolute Gasteiger partial charge is 0.239 e. The number of benzene rings is 1. The third-order valence-electron chi connectivity index (χ3n) is 2.11. The van der Waals surface area contributed by atoms with Crippen LogP contribution in [0.5, 0.6) is 0 Å². The quantitative estimate of drug-likeness (QED) is 0.825. The van der Waals surface area contributed by atoms with E-state index in [1.807, 2.05) is 0 Å². The summed E-state index contributed by atoms with van der Waals surface area (Å²) < 4.78 is 36.1. The first-order valence-corrected chi connectivity index (χ1v) is 7.63. The number of hydrogen-bond donors (Lipinski definition) is 1. The molecular weight excluding hydrogens is 327 g/mol. The lowest BCUT2D eigenvalue weighted by molar-refractivity contribution is -0.116. The van der Waals surface area contributed by atoms with E-state index in [0.717, 1.165) is 4.31 Å². The van der Waals surface area contributed by atoms with Gasteiger partial charge in [-0.25, -0.2) is 12.8 Å². The number of rotatable bonds is 5. The molecule has 0 aliphatic heterocycles. The molecule has 0 aromatic heterocycles. The van der Waals surface area contributed by atoms with E-state index in [-0.39, 0.29) is 11.2 Å². The zero-order valence-corrected chi connectivity index (χ0v) is 12.0. The molecule has 0 aliphatic carbocycles. The lowest BCUT2D eigenvalue weighted by Crippen LogP contribution is -2.35. The van der Waals surface area contributed by atoms with Crippen molar-refractivity contribution in [3.05, 3.63) is 30.1 Å². The average molecular weight is 339 g/mol. The Balaban J connectivity index is 2.60. The van der Waals surface area contributed by atoms with Crippen molar-refractivity contribution >= 4 is 37.5 Å². The van der Waals surface area contributed by atoms with Crippen LogP contribution in [0.1, 0.15) is 0 Å². The van der Waals surface area contributed by atoms with Crippen LogP contribution >= 0.6 is 15.9 Å². The van der Waals surface area contributed by atoms with Crippen LogP contribution in [0.2, 0.25) is 0 Å². The first-order chi connectivity index (χ1) is 8.35. The topological polar surface area (TPSA) is 66.5 Å². The summed E-state index contributed by atoms with van der Waals surface area (Å²) in [5.41, 5.74) is 0.408. The second kappa shape index (κ2) is 6.26. The minimum absolute atomic E-state index is 0.250. The molecule has 0 aliphatic rings. The predicted molar refractivity (Wildman–Crippen MR) is 70.4 cm³/mol. The van der Waals surface area contributed by atoms with E-state index in [4.69, 9.17) is 0 Å². The van der Waals surface area contributed by atoms with Gasteiger partial charge in [-0.2, -0.15) is 4.31 Å². The molecule has 0 fully saturated rings. The van der Waals surface area contributed by atoms with Gasteiger partial charge in [-0.1, -0.05) is 15.9 Å². The molecule has 100 valence electrons. The van der Waals surface area contributed by atoms with Crippen LogP contribution < -0.4 is 5.32 Å². The van der Waals surface area contributed by atoms with Crippen LogP contribution in [0.25, 0.3) is 0 Å². The summed E-state index contributed by atoms with van der Waals surface area (Å²) in [5, 5.41) is 2.47. The number of halogens is 2. The monoisotopic (exact) mass is 338 g/mol. The normalized spacial score (nSPS) is 11.6. The van der Waals surface area contributed by atoms with Gasteiger partial charge in [-0.3, -0.25) is 4.79 Å². The van der Waals surface area contributed by atoms with Crippen LogP contribution in [0.15, 0.2) is 24.3 Å². The summed E-state index contributed by atoms with van der Waals surface area (Å²) in [7, 11) is -2.16. The third kappa shape index (κ3) is 4.35. The van der Waals surface area contributed by atoms with Crippen molar-refractivity contribution in [1.82, 2.24) is 4.31 Å². The van der Waals surface area contributed by atoms with E-state index in [9.17, 15) is 17.6 Å². The van der Waals surface area contributed by atoms with Gasteiger partial charge >= 0.3 is 0 Å². The lowest BCUT2D eigenvalue weighted by atomic mass is 10.3.